The molecule has 7 heteroatoms. The van der Waals surface area contributed by atoms with E-state index < -0.39 is 10.4 Å². The van der Waals surface area contributed by atoms with Crippen molar-refractivity contribution in [3.8, 4) is 0 Å². The molecule has 0 atom stereocenters. The maximum Gasteiger partial charge on any atom is 0.448 e. The van der Waals surface area contributed by atoms with Crippen LogP contribution >= 0.6 is 0 Å². The van der Waals surface area contributed by atoms with Gasteiger partial charge in [-0.1, -0.05) is 0 Å². The fourth-order valence-corrected chi connectivity index (χ4v) is 0.149. The third kappa shape index (κ3) is 9.38. The van der Waals surface area contributed by atoms with Gasteiger partial charge in [-0.05, 0) is 0 Å². The second-order valence-corrected chi connectivity index (χ2v) is 1.67. The number of hydrogen-bond donors (Lipinski definition) is 1. The van der Waals surface area contributed by atoms with Crippen LogP contribution in [0.4, 0.5) is 0 Å². The smallest absolute Gasteiger partial charge is 0.328 e. The van der Waals surface area contributed by atoms with Gasteiger partial charge in [0, 0.05) is 19.5 Å². The zero-order valence-electron chi connectivity index (χ0n) is 3.77. The van der Waals surface area contributed by atoms with Crippen molar-refractivity contribution in [3.63, 3.8) is 0 Å². The first-order valence-corrected chi connectivity index (χ1v) is 2.52. The van der Waals surface area contributed by atoms with E-state index >= 15 is 0 Å². The van der Waals surface area contributed by atoms with E-state index in [9.17, 15) is 8.42 Å². The van der Waals surface area contributed by atoms with Gasteiger partial charge < -0.3 is 4.18 Å². The summed E-state index contributed by atoms with van der Waals surface area (Å²) in [5, 5.41) is 0. The van der Waals surface area contributed by atoms with Crippen molar-refractivity contribution >= 4 is 16.9 Å². The Morgan fingerprint density at radius 1 is 1.50 bits per heavy atom. The summed E-state index contributed by atoms with van der Waals surface area (Å²) in [6.45, 7) is -0.380. The van der Waals surface area contributed by atoms with E-state index in [2.05, 4.69) is 4.18 Å². The normalized spacial score (nSPS) is 9.12. The molecule has 44 valence electrons. The molecule has 0 fully saturated rings. The molecule has 0 aliphatic heterocycles. The van der Waals surface area contributed by atoms with Crippen LogP contribution < -0.4 is 0 Å². The quantitative estimate of drug-likeness (QED) is 0.343. The van der Waals surface area contributed by atoms with E-state index in [-0.39, 0.29) is 26.0 Å². The van der Waals surface area contributed by atoms with E-state index in [1.807, 2.05) is 0 Å². The Kier molecular flexibility index (Phi) is 5.36. The Morgan fingerprint density at radius 2 is 1.88 bits per heavy atom. The topological polar surface area (TPSA) is 80.7 Å². The zero-order valence-corrected chi connectivity index (χ0v) is 7.56. The number of hydrogen-bond acceptors (Lipinski definition) is 4. The molecule has 0 aromatic carbocycles. The molecule has 0 aliphatic rings. The van der Waals surface area contributed by atoms with Gasteiger partial charge in [0.15, 0.2) is 0 Å². The first-order valence-electron chi connectivity index (χ1n) is 1.15. The zero-order chi connectivity index (χ0) is 5.91. The van der Waals surface area contributed by atoms with Crippen molar-refractivity contribution in [1.82, 2.24) is 0 Å². The van der Waals surface area contributed by atoms with Crippen LogP contribution in [0.3, 0.4) is 0 Å². The van der Waals surface area contributed by atoms with Crippen LogP contribution in [-0.4, -0.2) is 19.4 Å². The van der Waals surface area contributed by atoms with Crippen LogP contribution in [0.5, 0.6) is 0 Å². The second-order valence-electron chi connectivity index (χ2n) is 0.620. The van der Waals surface area contributed by atoms with Crippen molar-refractivity contribution < 1.29 is 41.4 Å². The fraction of sp³-hybridized carbons (Fsp3) is 0. The van der Waals surface area contributed by atoms with Crippen LogP contribution in [0.25, 0.3) is 0 Å². The molecule has 0 radical (unpaired) electrons. The van der Waals surface area contributed by atoms with Gasteiger partial charge in [0.2, 0.25) is 0 Å². The third-order valence-corrected chi connectivity index (χ3v) is 0.483. The molecule has 0 aromatic rings. The van der Waals surface area contributed by atoms with Crippen LogP contribution in [0.1, 0.15) is 0 Å². The number of rotatable bonds is 2. The molecule has 0 amide bonds. The predicted octanol–water partition coefficient (Wildman–Crippen LogP) is -1.04. The minimum atomic E-state index is -4.54. The maximum absolute atomic E-state index is 9.33. The number of carbonyl (C=O) groups excluding carboxylic acids is 1. The molecule has 0 spiro atoms. The van der Waals surface area contributed by atoms with Crippen molar-refractivity contribution in [2.24, 2.45) is 0 Å². The SMILES string of the molecule is O=COS(=O)(=O)O.[Zn]. The van der Waals surface area contributed by atoms with Gasteiger partial charge in [-0.25, -0.2) is 0 Å². The molecular formula is CH2O5SZn. The molecule has 0 heterocycles. The molecule has 1 N–H and O–H groups in total. The second kappa shape index (κ2) is 3.94. The van der Waals surface area contributed by atoms with E-state index in [0.717, 1.165) is 0 Å². The third-order valence-electron chi connectivity index (χ3n) is 0.161. The van der Waals surface area contributed by atoms with E-state index in [4.69, 9.17) is 9.35 Å². The average molecular weight is 191 g/mol. The van der Waals surface area contributed by atoms with Gasteiger partial charge in [0.05, 0.1) is 0 Å². The molecule has 0 aromatic heterocycles. The summed E-state index contributed by atoms with van der Waals surface area (Å²) >= 11 is 0. The van der Waals surface area contributed by atoms with Crippen LogP contribution in [-0.2, 0) is 38.9 Å². The Bertz CT molecular complexity index is 146. The van der Waals surface area contributed by atoms with Crippen molar-refractivity contribution in [2.45, 2.75) is 0 Å². The Balaban J connectivity index is 0. The summed E-state index contributed by atoms with van der Waals surface area (Å²) in [5.74, 6) is 0. The first-order chi connectivity index (χ1) is 3.06. The van der Waals surface area contributed by atoms with Crippen molar-refractivity contribution in [1.29, 1.82) is 0 Å². The molecule has 0 bridgehead atoms. The van der Waals surface area contributed by atoms with Crippen LogP contribution in [0.2, 0.25) is 0 Å². The first kappa shape index (κ1) is 10.9. The Hall–Kier alpha value is 0.00338. The van der Waals surface area contributed by atoms with Gasteiger partial charge in [-0.2, -0.15) is 8.42 Å². The van der Waals surface area contributed by atoms with Gasteiger partial charge in [-0.15, -0.1) is 0 Å². The maximum atomic E-state index is 9.33. The van der Waals surface area contributed by atoms with Gasteiger partial charge >= 0.3 is 16.9 Å². The molecule has 0 saturated heterocycles. The molecule has 0 saturated carbocycles. The van der Waals surface area contributed by atoms with Crippen LogP contribution in [0.15, 0.2) is 0 Å². The molecule has 5 nitrogen and oxygen atoms in total. The fourth-order valence-electron chi connectivity index (χ4n) is 0.0496. The monoisotopic (exact) mass is 190 g/mol. The minimum Gasteiger partial charge on any atom is -0.328 e. The van der Waals surface area contributed by atoms with Crippen molar-refractivity contribution in [2.75, 3.05) is 0 Å². The summed E-state index contributed by atoms with van der Waals surface area (Å²) in [6.07, 6.45) is 0. The van der Waals surface area contributed by atoms with Crippen molar-refractivity contribution in [3.05, 3.63) is 0 Å². The Morgan fingerprint density at radius 3 is 1.88 bits per heavy atom. The van der Waals surface area contributed by atoms with Gasteiger partial charge in [-0.3, -0.25) is 9.35 Å². The predicted molar refractivity (Wildman–Crippen MR) is 18.7 cm³/mol. The molecule has 0 unspecified atom stereocenters. The standard InChI is InChI=1S/CH2O5S.Zn/c2-1-6-7(3,4)5;/h1H,(H,3,4,5);. The largest absolute Gasteiger partial charge is 0.448 e. The van der Waals surface area contributed by atoms with Gasteiger partial charge in [0.25, 0.3) is 0 Å². The molecular weight excluding hydrogens is 189 g/mol. The summed E-state index contributed by atoms with van der Waals surface area (Å²) < 4.78 is 29.3. The van der Waals surface area contributed by atoms with Gasteiger partial charge in [0.1, 0.15) is 0 Å². The van der Waals surface area contributed by atoms with Crippen LogP contribution in [0, 0.1) is 0 Å². The minimum absolute atomic E-state index is 0. The summed E-state index contributed by atoms with van der Waals surface area (Å²) in [7, 11) is -4.54. The van der Waals surface area contributed by atoms with E-state index in [1.54, 1.807) is 0 Å². The average Bonchev–Trinajstić information content (AvgIpc) is 1.30. The molecule has 8 heavy (non-hydrogen) atoms. The summed E-state index contributed by atoms with van der Waals surface area (Å²) in [5.41, 5.74) is 0. The molecule has 0 rings (SSSR count). The van der Waals surface area contributed by atoms with E-state index in [1.165, 1.54) is 0 Å². The summed E-state index contributed by atoms with van der Waals surface area (Å²) in [4.78, 5) is 9.06. The van der Waals surface area contributed by atoms with E-state index in [0.29, 0.717) is 0 Å². The Labute approximate surface area is 58.7 Å². The number of carbonyl (C=O) groups is 1. The summed E-state index contributed by atoms with van der Waals surface area (Å²) in [6, 6.07) is 0. The molecule has 0 aliphatic carbocycles.